The number of hydrogen-bond acceptors (Lipinski definition) is 4. The Hall–Kier alpha value is -1.71. The summed E-state index contributed by atoms with van der Waals surface area (Å²) < 4.78 is 16.2. The van der Waals surface area contributed by atoms with Gasteiger partial charge in [-0.2, -0.15) is 0 Å². The van der Waals surface area contributed by atoms with Gasteiger partial charge in [-0.05, 0) is 25.2 Å². The van der Waals surface area contributed by atoms with Crippen molar-refractivity contribution in [3.05, 3.63) is 17.7 Å². The molecule has 1 aromatic carbocycles. The first-order chi connectivity index (χ1) is 9.67. The number of rotatable bonds is 5. The van der Waals surface area contributed by atoms with Crippen molar-refractivity contribution < 1.29 is 19.0 Å². The van der Waals surface area contributed by atoms with Crippen molar-refractivity contribution in [1.29, 1.82) is 0 Å². The highest BCUT2D eigenvalue weighted by Gasteiger charge is 2.23. The third-order valence-corrected chi connectivity index (χ3v) is 3.89. The predicted octanol–water partition coefficient (Wildman–Crippen LogP) is 3.01. The molecule has 0 N–H and O–H groups in total. The number of carbonyl (C=O) groups is 1. The van der Waals surface area contributed by atoms with E-state index in [0.29, 0.717) is 23.9 Å². The summed E-state index contributed by atoms with van der Waals surface area (Å²) in [7, 11) is 4.90. The summed E-state index contributed by atoms with van der Waals surface area (Å²) in [5, 5.41) is 0. The van der Waals surface area contributed by atoms with Crippen LogP contribution in [0.3, 0.4) is 0 Å². The van der Waals surface area contributed by atoms with Crippen molar-refractivity contribution in [1.82, 2.24) is 0 Å². The van der Waals surface area contributed by atoms with Crippen LogP contribution < -0.4 is 14.2 Å². The van der Waals surface area contributed by atoms with Crippen molar-refractivity contribution >= 4 is 5.78 Å². The Labute approximate surface area is 120 Å². The van der Waals surface area contributed by atoms with E-state index in [9.17, 15) is 4.79 Å². The minimum Gasteiger partial charge on any atom is -0.496 e. The number of benzene rings is 1. The van der Waals surface area contributed by atoms with Gasteiger partial charge in [0.1, 0.15) is 23.0 Å². The van der Waals surface area contributed by atoms with Crippen LogP contribution >= 0.6 is 0 Å². The average Bonchev–Trinajstić information content (AvgIpc) is 2.47. The smallest absolute Gasteiger partial charge is 0.133 e. The van der Waals surface area contributed by atoms with Crippen LogP contribution in [-0.2, 0) is 11.2 Å². The molecule has 1 saturated carbocycles. The molecule has 0 radical (unpaired) electrons. The molecule has 0 saturated heterocycles. The third-order valence-electron chi connectivity index (χ3n) is 3.89. The van der Waals surface area contributed by atoms with Gasteiger partial charge in [0, 0.05) is 30.5 Å². The highest BCUT2D eigenvalue weighted by atomic mass is 16.5. The Balaban J connectivity index is 2.26. The fourth-order valence-corrected chi connectivity index (χ4v) is 2.86. The summed E-state index contributed by atoms with van der Waals surface area (Å²) in [6, 6.07) is 3.73. The standard InChI is InChI=1S/C16H22O4/c1-18-13-9-15(19-2)14(16(10-13)20-3)8-11-5-4-6-12(17)7-11/h9-11H,4-8H2,1-3H3. The summed E-state index contributed by atoms with van der Waals surface area (Å²) in [4.78, 5) is 11.6. The molecule has 0 aliphatic heterocycles. The van der Waals surface area contributed by atoms with Gasteiger partial charge in [-0.3, -0.25) is 4.79 Å². The molecule has 1 fully saturated rings. The molecule has 2 rings (SSSR count). The summed E-state index contributed by atoms with van der Waals surface area (Å²) in [6.07, 6.45) is 4.28. The molecule has 1 aliphatic carbocycles. The lowest BCUT2D eigenvalue weighted by Crippen LogP contribution is -2.17. The maximum Gasteiger partial charge on any atom is 0.133 e. The lowest BCUT2D eigenvalue weighted by molar-refractivity contribution is -0.121. The van der Waals surface area contributed by atoms with Crippen molar-refractivity contribution in [2.24, 2.45) is 5.92 Å². The van der Waals surface area contributed by atoms with Crippen LogP contribution in [0.5, 0.6) is 17.2 Å². The normalized spacial score (nSPS) is 18.8. The lowest BCUT2D eigenvalue weighted by atomic mass is 9.83. The molecule has 20 heavy (non-hydrogen) atoms. The maximum atomic E-state index is 11.6. The topological polar surface area (TPSA) is 44.8 Å². The Kier molecular flexibility index (Phi) is 4.88. The van der Waals surface area contributed by atoms with Gasteiger partial charge in [-0.25, -0.2) is 0 Å². The second-order valence-corrected chi connectivity index (χ2v) is 5.22. The highest BCUT2D eigenvalue weighted by Crippen LogP contribution is 2.37. The van der Waals surface area contributed by atoms with E-state index in [1.807, 2.05) is 12.1 Å². The molecule has 0 amide bonds. The van der Waals surface area contributed by atoms with Crippen LogP contribution in [0.2, 0.25) is 0 Å². The van der Waals surface area contributed by atoms with Gasteiger partial charge in [0.2, 0.25) is 0 Å². The zero-order chi connectivity index (χ0) is 14.5. The molecule has 0 aromatic heterocycles. The number of ketones is 1. The zero-order valence-electron chi connectivity index (χ0n) is 12.4. The number of Topliss-reactive ketones (excluding diaryl/α,β-unsaturated/α-hetero) is 1. The van der Waals surface area contributed by atoms with Gasteiger partial charge < -0.3 is 14.2 Å². The minimum atomic E-state index is 0.368. The first-order valence-corrected chi connectivity index (χ1v) is 6.98. The van der Waals surface area contributed by atoms with E-state index < -0.39 is 0 Å². The molecule has 0 heterocycles. The number of hydrogen-bond donors (Lipinski definition) is 0. The second-order valence-electron chi connectivity index (χ2n) is 5.22. The molecule has 1 aromatic rings. The first-order valence-electron chi connectivity index (χ1n) is 6.98. The van der Waals surface area contributed by atoms with Crippen LogP contribution in [0.25, 0.3) is 0 Å². The molecule has 1 aliphatic rings. The largest absolute Gasteiger partial charge is 0.496 e. The van der Waals surface area contributed by atoms with E-state index in [0.717, 1.165) is 42.7 Å². The van der Waals surface area contributed by atoms with Crippen LogP contribution in [0.4, 0.5) is 0 Å². The van der Waals surface area contributed by atoms with Crippen LogP contribution in [0.15, 0.2) is 12.1 Å². The molecule has 1 atom stereocenters. The minimum absolute atomic E-state index is 0.368. The molecule has 0 bridgehead atoms. The summed E-state index contributed by atoms with van der Waals surface area (Å²) >= 11 is 0. The molecule has 4 nitrogen and oxygen atoms in total. The van der Waals surface area contributed by atoms with Crippen molar-refractivity contribution in [3.8, 4) is 17.2 Å². The van der Waals surface area contributed by atoms with Crippen molar-refractivity contribution in [2.45, 2.75) is 32.1 Å². The predicted molar refractivity (Wildman–Crippen MR) is 76.8 cm³/mol. The number of methoxy groups -OCH3 is 3. The third kappa shape index (κ3) is 3.24. The molecule has 1 unspecified atom stereocenters. The van der Waals surface area contributed by atoms with Gasteiger partial charge in [-0.1, -0.05) is 0 Å². The lowest BCUT2D eigenvalue weighted by Gasteiger charge is -2.23. The highest BCUT2D eigenvalue weighted by molar-refractivity contribution is 5.79. The molecule has 0 spiro atoms. The van der Waals surface area contributed by atoms with Crippen molar-refractivity contribution in [2.75, 3.05) is 21.3 Å². The van der Waals surface area contributed by atoms with Gasteiger partial charge in [0.05, 0.1) is 21.3 Å². The van der Waals surface area contributed by atoms with Crippen LogP contribution in [0, 0.1) is 5.92 Å². The van der Waals surface area contributed by atoms with E-state index in [-0.39, 0.29) is 0 Å². The first kappa shape index (κ1) is 14.7. The second kappa shape index (κ2) is 6.64. The Morgan fingerprint density at radius 3 is 2.25 bits per heavy atom. The Bertz CT molecular complexity index is 456. The number of carbonyl (C=O) groups excluding carboxylic acids is 1. The van der Waals surface area contributed by atoms with Crippen LogP contribution in [0.1, 0.15) is 31.2 Å². The average molecular weight is 278 g/mol. The van der Waals surface area contributed by atoms with Gasteiger partial charge in [0.15, 0.2) is 0 Å². The van der Waals surface area contributed by atoms with E-state index >= 15 is 0 Å². The fourth-order valence-electron chi connectivity index (χ4n) is 2.86. The summed E-state index contributed by atoms with van der Waals surface area (Å²) in [5.74, 6) is 2.99. The van der Waals surface area contributed by atoms with Gasteiger partial charge in [-0.15, -0.1) is 0 Å². The molecule has 4 heteroatoms. The monoisotopic (exact) mass is 278 g/mol. The molecular weight excluding hydrogens is 256 g/mol. The van der Waals surface area contributed by atoms with Crippen molar-refractivity contribution in [3.63, 3.8) is 0 Å². The van der Waals surface area contributed by atoms with Gasteiger partial charge in [0.25, 0.3) is 0 Å². The van der Waals surface area contributed by atoms with Gasteiger partial charge >= 0.3 is 0 Å². The van der Waals surface area contributed by atoms with E-state index in [2.05, 4.69) is 0 Å². The fraction of sp³-hybridized carbons (Fsp3) is 0.562. The van der Waals surface area contributed by atoms with Crippen LogP contribution in [-0.4, -0.2) is 27.1 Å². The molecular formula is C16H22O4. The summed E-state index contributed by atoms with van der Waals surface area (Å²) in [5.41, 5.74) is 1.02. The quantitative estimate of drug-likeness (QED) is 0.830. The Morgan fingerprint density at radius 2 is 1.75 bits per heavy atom. The molecule has 110 valence electrons. The van der Waals surface area contributed by atoms with E-state index in [1.54, 1.807) is 21.3 Å². The number of ether oxygens (including phenoxy) is 3. The summed E-state index contributed by atoms with van der Waals surface area (Å²) in [6.45, 7) is 0. The zero-order valence-corrected chi connectivity index (χ0v) is 12.4. The van der Waals surface area contributed by atoms with E-state index in [1.165, 1.54) is 0 Å². The maximum absolute atomic E-state index is 11.6. The SMILES string of the molecule is COc1cc(OC)c(CC2CCCC(=O)C2)c(OC)c1. The Morgan fingerprint density at radius 1 is 1.10 bits per heavy atom. The van der Waals surface area contributed by atoms with E-state index in [4.69, 9.17) is 14.2 Å².